The molecular formula is C22H32N6. The van der Waals surface area contributed by atoms with Gasteiger partial charge in [0.1, 0.15) is 18.0 Å². The molecule has 2 saturated carbocycles. The Hall–Kier alpha value is -2.63. The van der Waals surface area contributed by atoms with Crippen molar-refractivity contribution in [3.05, 3.63) is 55.0 Å². The zero-order chi connectivity index (χ0) is 19.8. The van der Waals surface area contributed by atoms with Crippen molar-refractivity contribution >= 4 is 11.5 Å². The molecule has 1 aromatic rings. The summed E-state index contributed by atoms with van der Waals surface area (Å²) in [5.74, 6) is 2.88. The van der Waals surface area contributed by atoms with Gasteiger partial charge in [-0.15, -0.1) is 0 Å². The Morgan fingerprint density at radius 2 is 1.93 bits per heavy atom. The first-order valence-corrected chi connectivity index (χ1v) is 10.3. The van der Waals surface area contributed by atoms with Crippen molar-refractivity contribution in [2.45, 2.75) is 45.4 Å². The lowest BCUT2D eigenvalue weighted by molar-refractivity contribution is 0.350. The highest BCUT2D eigenvalue weighted by Crippen LogP contribution is 2.37. The molecule has 6 heteroatoms. The van der Waals surface area contributed by atoms with E-state index in [-0.39, 0.29) is 0 Å². The Labute approximate surface area is 168 Å². The summed E-state index contributed by atoms with van der Waals surface area (Å²) in [6, 6.07) is 0. The second kappa shape index (κ2) is 10.1. The quantitative estimate of drug-likeness (QED) is 0.307. The molecule has 0 bridgehead atoms. The molecule has 2 aliphatic rings. The fourth-order valence-corrected chi connectivity index (χ4v) is 3.30. The van der Waals surface area contributed by atoms with Crippen LogP contribution in [0.5, 0.6) is 0 Å². The van der Waals surface area contributed by atoms with Crippen LogP contribution in [0.2, 0.25) is 0 Å². The lowest BCUT2D eigenvalue weighted by Gasteiger charge is -2.28. The van der Waals surface area contributed by atoms with E-state index in [9.17, 15) is 0 Å². The van der Waals surface area contributed by atoms with Crippen LogP contribution in [0.3, 0.4) is 0 Å². The maximum absolute atomic E-state index is 4.85. The van der Waals surface area contributed by atoms with Crippen molar-refractivity contribution in [2.24, 2.45) is 16.8 Å². The maximum atomic E-state index is 4.85. The van der Waals surface area contributed by atoms with Gasteiger partial charge in [0.15, 0.2) is 0 Å². The average molecular weight is 381 g/mol. The summed E-state index contributed by atoms with van der Waals surface area (Å²) < 4.78 is 0. The van der Waals surface area contributed by atoms with Crippen LogP contribution >= 0.6 is 0 Å². The first kappa shape index (κ1) is 20.1. The predicted octanol–water partition coefficient (Wildman–Crippen LogP) is 4.00. The minimum Gasteiger partial charge on any atom is -0.389 e. The molecule has 2 fully saturated rings. The first-order chi connectivity index (χ1) is 13.7. The zero-order valence-corrected chi connectivity index (χ0v) is 16.9. The number of aromatic nitrogens is 2. The molecule has 2 aliphatic carbocycles. The molecule has 150 valence electrons. The highest BCUT2D eigenvalue weighted by atomic mass is 15.1. The molecule has 1 heterocycles. The molecule has 3 N–H and O–H groups in total. The van der Waals surface area contributed by atoms with Gasteiger partial charge in [0, 0.05) is 18.8 Å². The Kier molecular flexibility index (Phi) is 7.23. The summed E-state index contributed by atoms with van der Waals surface area (Å²) in [5, 5.41) is 10.0. The van der Waals surface area contributed by atoms with Crippen LogP contribution in [-0.2, 0) is 0 Å². The van der Waals surface area contributed by atoms with E-state index in [0.29, 0.717) is 17.7 Å². The number of aliphatic imine (C=N–C) groups is 1. The van der Waals surface area contributed by atoms with Crippen molar-refractivity contribution in [1.29, 1.82) is 0 Å². The Bertz CT molecular complexity index is 729. The van der Waals surface area contributed by atoms with Crippen molar-refractivity contribution in [3.63, 3.8) is 0 Å². The van der Waals surface area contributed by atoms with E-state index < -0.39 is 0 Å². The van der Waals surface area contributed by atoms with Gasteiger partial charge in [-0.05, 0) is 56.4 Å². The molecule has 0 saturated heterocycles. The summed E-state index contributed by atoms with van der Waals surface area (Å²) in [5.41, 5.74) is 3.27. The fraction of sp³-hybridized carbons (Fsp3) is 0.500. The second-order valence-electron chi connectivity index (χ2n) is 7.54. The van der Waals surface area contributed by atoms with Crippen molar-refractivity contribution in [3.8, 4) is 0 Å². The largest absolute Gasteiger partial charge is 0.389 e. The number of anilines is 1. The SMILES string of the molecule is C=C(NC(=NCCCNC(=C)C1CCC1)/C(=C\C)C1CC1)Nc1cncnc1. The van der Waals surface area contributed by atoms with Crippen LogP contribution in [0.15, 0.2) is 60.0 Å². The molecule has 0 amide bonds. The van der Waals surface area contributed by atoms with Gasteiger partial charge in [-0.25, -0.2) is 9.97 Å². The number of hydrogen-bond acceptors (Lipinski definition) is 5. The van der Waals surface area contributed by atoms with Gasteiger partial charge < -0.3 is 16.0 Å². The number of amidine groups is 1. The van der Waals surface area contributed by atoms with Gasteiger partial charge in [-0.1, -0.05) is 25.7 Å². The highest BCUT2D eigenvalue weighted by Gasteiger charge is 2.28. The van der Waals surface area contributed by atoms with Gasteiger partial charge >= 0.3 is 0 Å². The predicted molar refractivity (Wildman–Crippen MR) is 116 cm³/mol. The number of rotatable bonds is 11. The molecule has 0 atom stereocenters. The zero-order valence-electron chi connectivity index (χ0n) is 16.9. The minimum atomic E-state index is 0.612. The lowest BCUT2D eigenvalue weighted by atomic mass is 9.83. The highest BCUT2D eigenvalue weighted by molar-refractivity contribution is 6.00. The third-order valence-electron chi connectivity index (χ3n) is 5.28. The smallest absolute Gasteiger partial charge is 0.129 e. The molecule has 0 aromatic carbocycles. The van der Waals surface area contributed by atoms with Gasteiger partial charge in [0.2, 0.25) is 0 Å². The Morgan fingerprint density at radius 3 is 2.54 bits per heavy atom. The molecule has 6 nitrogen and oxygen atoms in total. The van der Waals surface area contributed by atoms with E-state index in [2.05, 4.69) is 52.1 Å². The third-order valence-corrected chi connectivity index (χ3v) is 5.28. The number of nitrogens with zero attached hydrogens (tertiary/aromatic N) is 3. The van der Waals surface area contributed by atoms with Crippen molar-refractivity contribution < 1.29 is 0 Å². The standard InChI is InChI=1S/C22H32N6/c1-4-21(19-9-10-19)22(28-17(3)27-20-13-23-15-24-14-20)26-12-6-11-25-16(2)18-7-5-8-18/h4,13-15,18-19,25,27H,2-3,5-12H2,1H3,(H,26,28)/b21-4-. The number of allylic oxidation sites excluding steroid dienone is 2. The normalized spacial score (nSPS) is 17.6. The number of nitrogens with one attached hydrogen (secondary N) is 3. The van der Waals surface area contributed by atoms with Gasteiger partial charge in [-0.3, -0.25) is 4.99 Å². The molecule has 1 aromatic heterocycles. The van der Waals surface area contributed by atoms with E-state index >= 15 is 0 Å². The fourth-order valence-electron chi connectivity index (χ4n) is 3.30. The molecule has 0 radical (unpaired) electrons. The van der Waals surface area contributed by atoms with Crippen molar-refractivity contribution in [2.75, 3.05) is 18.4 Å². The molecule has 0 spiro atoms. The lowest BCUT2D eigenvalue weighted by Crippen LogP contribution is -2.29. The van der Waals surface area contributed by atoms with Crippen LogP contribution < -0.4 is 16.0 Å². The summed E-state index contributed by atoms with van der Waals surface area (Å²) >= 11 is 0. The molecule has 0 unspecified atom stereocenters. The van der Waals surface area contributed by atoms with E-state index in [1.54, 1.807) is 12.4 Å². The average Bonchev–Trinajstić information content (AvgIpc) is 3.46. The van der Waals surface area contributed by atoms with E-state index in [0.717, 1.165) is 31.0 Å². The molecule has 0 aliphatic heterocycles. The summed E-state index contributed by atoms with van der Waals surface area (Å²) in [4.78, 5) is 12.9. The number of hydrogen-bond donors (Lipinski definition) is 3. The monoisotopic (exact) mass is 380 g/mol. The third kappa shape index (κ3) is 5.94. The topological polar surface area (TPSA) is 74.2 Å². The first-order valence-electron chi connectivity index (χ1n) is 10.3. The van der Waals surface area contributed by atoms with Crippen LogP contribution in [0.25, 0.3) is 0 Å². The maximum Gasteiger partial charge on any atom is 0.129 e. The second-order valence-corrected chi connectivity index (χ2v) is 7.54. The summed E-state index contributed by atoms with van der Waals surface area (Å²) in [6.45, 7) is 12.0. The van der Waals surface area contributed by atoms with E-state index in [1.165, 1.54) is 49.7 Å². The Balaban J connectivity index is 1.51. The van der Waals surface area contributed by atoms with Crippen LogP contribution in [0.4, 0.5) is 5.69 Å². The van der Waals surface area contributed by atoms with E-state index in [1.807, 2.05) is 0 Å². The molecular weight excluding hydrogens is 348 g/mol. The van der Waals surface area contributed by atoms with E-state index in [4.69, 9.17) is 4.99 Å². The van der Waals surface area contributed by atoms with Crippen LogP contribution in [0, 0.1) is 11.8 Å². The minimum absolute atomic E-state index is 0.612. The summed E-state index contributed by atoms with van der Waals surface area (Å²) in [7, 11) is 0. The van der Waals surface area contributed by atoms with Crippen LogP contribution in [0.1, 0.15) is 45.4 Å². The van der Waals surface area contributed by atoms with Crippen LogP contribution in [-0.4, -0.2) is 28.9 Å². The van der Waals surface area contributed by atoms with Gasteiger partial charge in [0.05, 0.1) is 18.1 Å². The summed E-state index contributed by atoms with van der Waals surface area (Å²) in [6.07, 6.45) is 14.5. The van der Waals surface area contributed by atoms with Gasteiger partial charge in [0.25, 0.3) is 0 Å². The molecule has 28 heavy (non-hydrogen) atoms. The Morgan fingerprint density at radius 1 is 1.18 bits per heavy atom. The molecule has 3 rings (SSSR count). The van der Waals surface area contributed by atoms with Gasteiger partial charge in [-0.2, -0.15) is 0 Å². The van der Waals surface area contributed by atoms with Crippen molar-refractivity contribution in [1.82, 2.24) is 20.6 Å².